The first-order chi connectivity index (χ1) is 26.4. The van der Waals surface area contributed by atoms with Gasteiger partial charge in [0.15, 0.2) is 0 Å². The summed E-state index contributed by atoms with van der Waals surface area (Å²) < 4.78 is 11.1. The molecule has 0 aliphatic rings. The highest BCUT2D eigenvalue weighted by molar-refractivity contribution is 6.06. The van der Waals surface area contributed by atoms with Gasteiger partial charge in [-0.1, -0.05) is 84.9 Å². The van der Waals surface area contributed by atoms with Gasteiger partial charge >= 0.3 is 11.9 Å². The van der Waals surface area contributed by atoms with Crippen LogP contribution in [0.25, 0.3) is 66.1 Å². The molecule has 9 aromatic rings. The Balaban J connectivity index is 1.07. The summed E-state index contributed by atoms with van der Waals surface area (Å²) in [5.74, 6) is -0.154. The molecule has 0 saturated carbocycles. The summed E-state index contributed by atoms with van der Waals surface area (Å²) in [7, 11) is 0. The number of nitrogens with zero attached hydrogens (tertiary/aromatic N) is 4. The fourth-order valence-electron chi connectivity index (χ4n) is 6.73. The van der Waals surface area contributed by atoms with Crippen LogP contribution in [0.1, 0.15) is 32.1 Å². The molecule has 0 aliphatic carbocycles. The molecule has 0 amide bonds. The van der Waals surface area contributed by atoms with E-state index in [0.717, 1.165) is 55.2 Å². The zero-order valence-corrected chi connectivity index (χ0v) is 29.3. The van der Waals surface area contributed by atoms with E-state index in [-0.39, 0.29) is 11.4 Å². The zero-order chi connectivity index (χ0) is 36.8. The van der Waals surface area contributed by atoms with Crippen molar-refractivity contribution >= 4 is 55.6 Å². The third-order valence-electron chi connectivity index (χ3n) is 9.49. The van der Waals surface area contributed by atoms with Crippen LogP contribution in [0.5, 0.6) is 11.5 Å². The molecule has 4 aromatic heterocycles. The Labute approximate surface area is 309 Å². The first kappa shape index (κ1) is 32.6. The second-order valence-corrected chi connectivity index (χ2v) is 13.1. The van der Waals surface area contributed by atoms with Crippen LogP contribution in [0, 0.1) is 13.8 Å². The van der Waals surface area contributed by atoms with Gasteiger partial charge in [-0.2, -0.15) is 0 Å². The van der Waals surface area contributed by atoms with Crippen LogP contribution in [0.4, 0.5) is 0 Å². The molecule has 258 valence electrons. The number of carbonyl (C=O) groups is 2. The van der Waals surface area contributed by atoms with Crippen LogP contribution in [-0.4, -0.2) is 31.9 Å². The Kier molecular flexibility index (Phi) is 8.05. The van der Waals surface area contributed by atoms with E-state index in [1.54, 1.807) is 36.4 Å². The van der Waals surface area contributed by atoms with Crippen molar-refractivity contribution in [3.63, 3.8) is 0 Å². The molecule has 0 spiro atoms. The van der Waals surface area contributed by atoms with Crippen molar-refractivity contribution < 1.29 is 19.1 Å². The van der Waals surface area contributed by atoms with Gasteiger partial charge in [0, 0.05) is 32.7 Å². The number of aryl methyl sites for hydroxylation is 2. The minimum atomic E-state index is -0.532. The summed E-state index contributed by atoms with van der Waals surface area (Å²) in [6.45, 7) is 4.12. The van der Waals surface area contributed by atoms with E-state index in [1.807, 2.05) is 97.1 Å². The van der Waals surface area contributed by atoms with Gasteiger partial charge in [-0.05, 0) is 85.6 Å². The van der Waals surface area contributed by atoms with Crippen LogP contribution in [0.15, 0.2) is 146 Å². The summed E-state index contributed by atoms with van der Waals surface area (Å²) in [5, 5.41) is 3.57. The van der Waals surface area contributed by atoms with Crippen LogP contribution in [-0.2, 0) is 0 Å². The van der Waals surface area contributed by atoms with Gasteiger partial charge in [0.05, 0.1) is 33.5 Å². The monoisotopic (exact) mass is 702 g/mol. The van der Waals surface area contributed by atoms with Gasteiger partial charge in [-0.3, -0.25) is 0 Å². The number of rotatable bonds is 6. The molecule has 0 fully saturated rings. The number of para-hydroxylation sites is 2. The second kappa shape index (κ2) is 13.3. The molecule has 8 heteroatoms. The van der Waals surface area contributed by atoms with Gasteiger partial charge in [-0.25, -0.2) is 29.5 Å². The third-order valence-corrected chi connectivity index (χ3v) is 9.49. The van der Waals surface area contributed by atoms with Gasteiger partial charge in [0.25, 0.3) is 0 Å². The number of ether oxygens (including phenoxy) is 2. The molecule has 0 radical (unpaired) electrons. The molecule has 5 aromatic carbocycles. The second-order valence-electron chi connectivity index (χ2n) is 13.1. The highest BCUT2D eigenvalue weighted by atomic mass is 16.5. The van der Waals surface area contributed by atoms with E-state index in [9.17, 15) is 9.59 Å². The Morgan fingerprint density at radius 2 is 0.741 bits per heavy atom. The zero-order valence-electron chi connectivity index (χ0n) is 29.3. The van der Waals surface area contributed by atoms with Crippen molar-refractivity contribution in [2.45, 2.75) is 13.8 Å². The lowest BCUT2D eigenvalue weighted by atomic mass is 9.95. The van der Waals surface area contributed by atoms with Crippen LogP contribution < -0.4 is 9.47 Å². The van der Waals surface area contributed by atoms with E-state index in [4.69, 9.17) is 29.4 Å². The number of hydrogen-bond acceptors (Lipinski definition) is 8. The molecule has 0 bridgehead atoms. The van der Waals surface area contributed by atoms with Crippen LogP contribution in [0.2, 0.25) is 0 Å². The maximum atomic E-state index is 13.0. The largest absolute Gasteiger partial charge is 0.422 e. The predicted molar refractivity (Wildman–Crippen MR) is 211 cm³/mol. The molecule has 8 nitrogen and oxygen atoms in total. The number of pyridine rings is 4. The Morgan fingerprint density at radius 3 is 1.13 bits per heavy atom. The van der Waals surface area contributed by atoms with E-state index < -0.39 is 11.9 Å². The number of carbonyl (C=O) groups excluding carboxylic acids is 2. The number of hydrogen-bond donors (Lipinski definition) is 0. The highest BCUT2D eigenvalue weighted by Crippen LogP contribution is 2.34. The molecular formula is C46H30N4O4. The van der Waals surface area contributed by atoms with Crippen molar-refractivity contribution in [3.8, 4) is 34.0 Å². The molecule has 0 unspecified atom stereocenters. The molecule has 0 saturated heterocycles. The standard InChI is InChI=1S/C46H30N4O4/c1-27-25-36(38-22-18-30-14-16-32-20-24-40(50-44(32)42(30)48-38)46(52)54-34-11-7-4-8-12-34)28(2)26-35(27)37-21-17-29-13-15-31-19-23-39(49-43(31)41(29)47-37)45(51)53-33-9-5-3-6-10-33/h3-26H,1-2H3. The first-order valence-corrected chi connectivity index (χ1v) is 17.5. The molecule has 0 atom stereocenters. The Morgan fingerprint density at radius 1 is 0.407 bits per heavy atom. The average Bonchev–Trinajstić information content (AvgIpc) is 3.21. The summed E-state index contributed by atoms with van der Waals surface area (Å²) in [6, 6.07) is 45.3. The third kappa shape index (κ3) is 6.05. The van der Waals surface area contributed by atoms with E-state index in [1.165, 1.54) is 0 Å². The summed E-state index contributed by atoms with van der Waals surface area (Å²) in [4.78, 5) is 45.7. The smallest absolute Gasteiger partial charge is 0.362 e. The number of aromatic nitrogens is 4. The van der Waals surface area contributed by atoms with Crippen molar-refractivity contribution in [1.82, 2.24) is 19.9 Å². The molecule has 0 N–H and O–H groups in total. The van der Waals surface area contributed by atoms with Crippen LogP contribution >= 0.6 is 0 Å². The van der Waals surface area contributed by atoms with Crippen molar-refractivity contribution in [3.05, 3.63) is 168 Å². The molecule has 54 heavy (non-hydrogen) atoms. The Bertz CT molecular complexity index is 2750. The van der Waals surface area contributed by atoms with Gasteiger partial charge < -0.3 is 9.47 Å². The molecule has 0 aliphatic heterocycles. The molecular weight excluding hydrogens is 673 g/mol. The van der Waals surface area contributed by atoms with Crippen molar-refractivity contribution in [2.75, 3.05) is 0 Å². The molecule has 9 rings (SSSR count). The lowest BCUT2D eigenvalue weighted by Gasteiger charge is -2.14. The fourth-order valence-corrected chi connectivity index (χ4v) is 6.73. The van der Waals surface area contributed by atoms with E-state index in [0.29, 0.717) is 33.6 Å². The SMILES string of the molecule is Cc1cc(-c2ccc3ccc4ccc(C(=O)Oc5ccccc5)nc4c3n2)c(C)cc1-c1ccc2ccc3ccc(C(=O)Oc4ccccc4)nc3c2n1. The number of esters is 2. The van der Waals surface area contributed by atoms with E-state index in [2.05, 4.69) is 26.0 Å². The predicted octanol–water partition coefficient (Wildman–Crippen LogP) is 10.3. The van der Waals surface area contributed by atoms with Crippen molar-refractivity contribution in [2.24, 2.45) is 0 Å². The first-order valence-electron chi connectivity index (χ1n) is 17.5. The minimum absolute atomic E-state index is 0.205. The number of fused-ring (bicyclic) bond motifs is 6. The normalized spacial score (nSPS) is 11.3. The summed E-state index contributed by atoms with van der Waals surface area (Å²) in [5.41, 5.74) is 8.63. The summed E-state index contributed by atoms with van der Waals surface area (Å²) in [6.07, 6.45) is 0. The lowest BCUT2D eigenvalue weighted by molar-refractivity contribution is 0.0719. The van der Waals surface area contributed by atoms with E-state index >= 15 is 0 Å². The minimum Gasteiger partial charge on any atom is -0.422 e. The van der Waals surface area contributed by atoms with Crippen molar-refractivity contribution in [1.29, 1.82) is 0 Å². The Hall–Kier alpha value is -7.32. The number of benzene rings is 5. The topological polar surface area (TPSA) is 104 Å². The summed E-state index contributed by atoms with van der Waals surface area (Å²) >= 11 is 0. The lowest BCUT2D eigenvalue weighted by Crippen LogP contribution is -2.10. The van der Waals surface area contributed by atoms with Gasteiger partial charge in [0.2, 0.25) is 0 Å². The maximum Gasteiger partial charge on any atom is 0.362 e. The average molecular weight is 703 g/mol. The fraction of sp³-hybridized carbons (Fsp3) is 0.0435. The maximum absolute atomic E-state index is 13.0. The highest BCUT2D eigenvalue weighted by Gasteiger charge is 2.17. The van der Waals surface area contributed by atoms with Gasteiger partial charge in [0.1, 0.15) is 22.9 Å². The molecule has 4 heterocycles. The van der Waals surface area contributed by atoms with Gasteiger partial charge in [-0.15, -0.1) is 0 Å². The van der Waals surface area contributed by atoms with Crippen LogP contribution in [0.3, 0.4) is 0 Å². The quantitative estimate of drug-likeness (QED) is 0.0958.